The minimum Gasteiger partial charge on any atom is -0.311 e. The van der Waals surface area contributed by atoms with Crippen molar-refractivity contribution < 1.29 is 9.59 Å². The first-order chi connectivity index (χ1) is 72.6. The summed E-state index contributed by atoms with van der Waals surface area (Å²) in [6, 6.07) is 191. The zero-order valence-corrected chi connectivity index (χ0v) is 83.4. The number of amides is 2. The first kappa shape index (κ1) is 90.8. The first-order valence-corrected chi connectivity index (χ1v) is 51.3. The Hall–Kier alpha value is -18.5. The van der Waals surface area contributed by atoms with Crippen molar-refractivity contribution in [3.63, 3.8) is 0 Å². The molecule has 0 saturated heterocycles. The first-order valence-electron chi connectivity index (χ1n) is 51.3. The molecule has 0 atom stereocenters. The Bertz CT molecular complexity index is 8830. The van der Waals surface area contributed by atoms with E-state index in [1.165, 1.54) is 27.2 Å². The maximum atomic E-state index is 15.6. The summed E-state index contributed by atoms with van der Waals surface area (Å²) in [5, 5.41) is 8.01. The summed E-state index contributed by atoms with van der Waals surface area (Å²) < 4.78 is 0. The van der Waals surface area contributed by atoms with Crippen LogP contribution in [0.2, 0.25) is 0 Å². The number of hydrogen-bond acceptors (Lipinski definition) is 3. The van der Waals surface area contributed by atoms with Crippen LogP contribution in [-0.4, -0.2) is 11.8 Å². The molecule has 1 heterocycles. The minimum absolute atomic E-state index is 0.303. The number of fused-ring (bicyclic) bond motifs is 2. The summed E-state index contributed by atoms with van der Waals surface area (Å²) in [4.78, 5) is 35.1. The third-order valence-electron chi connectivity index (χ3n) is 30.0. The van der Waals surface area contributed by atoms with Crippen LogP contribution in [-0.2, 0) is 10.8 Å². The Balaban J connectivity index is 0.667. The van der Waals surface area contributed by atoms with Crippen molar-refractivity contribution in [2.75, 3.05) is 9.80 Å². The van der Waals surface area contributed by atoms with Gasteiger partial charge >= 0.3 is 0 Å². The Morgan fingerprint density at radius 3 is 0.682 bits per heavy atom. The number of carbonyl (C=O) groups excluding carboxylic acids is 2. The molecule has 2 amide bonds. The molecule has 0 unspecified atom stereocenters. The van der Waals surface area contributed by atoms with E-state index in [-0.39, 0.29) is 22.6 Å². The lowest BCUT2D eigenvalue weighted by atomic mass is 9.77. The summed E-state index contributed by atoms with van der Waals surface area (Å²) in [6.07, 6.45) is 0. The van der Waals surface area contributed by atoms with Crippen LogP contribution >= 0.6 is 0 Å². The molecule has 702 valence electrons. The lowest BCUT2D eigenvalue weighted by Gasteiger charge is -2.36. The van der Waals surface area contributed by atoms with Crippen LogP contribution in [0.1, 0.15) is 73.4 Å². The highest BCUT2D eigenvalue weighted by molar-refractivity contribution is 6.43. The average Bonchev–Trinajstić information content (AvgIpc) is 0.690. The second-order valence-corrected chi connectivity index (χ2v) is 41.0. The maximum Gasteiger partial charge on any atom is 0.266 e. The molecule has 25 rings (SSSR count). The number of anilines is 4. The highest BCUT2D eigenvalue weighted by atomic mass is 16.2. The molecule has 1 aliphatic rings. The molecule has 4 nitrogen and oxygen atoms in total. The molecule has 1 aliphatic heterocycles. The third kappa shape index (κ3) is 16.1. The van der Waals surface area contributed by atoms with Gasteiger partial charge in [0, 0.05) is 33.6 Å². The SMILES string of the molecule is CC(C)(C)c1cccc(C(C)(C)C)c1N1C(=O)c2ccc3c4cccc5c(-c6cccc(-c7c(-c8ccccc8)cc(-c8ccc(N(c9ccc(-c%10cc(-c%11ccccc%11)c(-c%11ccccc%11)c(-c%11ccccc%11)c%10-c%10ccccc%10)cc9)c9ccc(-c%10cc(-c%11ccccc%11)c(-c%11ccccc%11)c(-c%11ccccc%11)c%10-c%10ccccc%10)cc9)cc8)c(-c8ccccc8)c7-c7ccccc7)c6)ccc(c6ccc(c2c36)C1=O)c54. The van der Waals surface area contributed by atoms with Crippen LogP contribution in [0.5, 0.6) is 0 Å². The molecule has 148 heavy (non-hydrogen) atoms. The van der Waals surface area contributed by atoms with Crippen LogP contribution < -0.4 is 9.80 Å². The van der Waals surface area contributed by atoms with Crippen molar-refractivity contribution in [2.45, 2.75) is 52.4 Å². The van der Waals surface area contributed by atoms with E-state index in [2.05, 4.69) is 556 Å². The molecule has 0 aromatic heterocycles. The van der Waals surface area contributed by atoms with Crippen LogP contribution in [0.3, 0.4) is 0 Å². The van der Waals surface area contributed by atoms with E-state index in [1.54, 1.807) is 0 Å². The number of rotatable bonds is 20. The maximum absolute atomic E-state index is 15.6. The van der Waals surface area contributed by atoms with Crippen molar-refractivity contribution in [3.8, 4) is 178 Å². The Morgan fingerprint density at radius 2 is 0.385 bits per heavy atom. The quantitative estimate of drug-likeness (QED) is 0.0434. The summed E-state index contributed by atoms with van der Waals surface area (Å²) in [5.41, 5.74) is 41.7. The van der Waals surface area contributed by atoms with Gasteiger partial charge in [0.1, 0.15) is 0 Å². The predicted molar refractivity (Wildman–Crippen MR) is 624 cm³/mol. The van der Waals surface area contributed by atoms with Crippen molar-refractivity contribution in [3.05, 3.63) is 544 Å². The van der Waals surface area contributed by atoms with Gasteiger partial charge in [-0.3, -0.25) is 9.59 Å². The second-order valence-electron chi connectivity index (χ2n) is 41.0. The van der Waals surface area contributed by atoms with E-state index >= 15 is 9.59 Å². The van der Waals surface area contributed by atoms with Crippen molar-refractivity contribution in [1.29, 1.82) is 0 Å². The number of benzene rings is 24. The largest absolute Gasteiger partial charge is 0.311 e. The highest BCUT2D eigenvalue weighted by Gasteiger charge is 2.41. The monoisotopic (exact) mass is 1890 g/mol. The van der Waals surface area contributed by atoms with E-state index in [9.17, 15) is 0 Å². The third-order valence-corrected chi connectivity index (χ3v) is 30.0. The van der Waals surface area contributed by atoms with Crippen molar-refractivity contribution in [2.24, 2.45) is 0 Å². The van der Waals surface area contributed by atoms with Gasteiger partial charge in [0.25, 0.3) is 11.8 Å². The van der Waals surface area contributed by atoms with E-state index < -0.39 is 0 Å². The molecule has 0 fully saturated rings. The molecular weight excluding hydrogens is 1790 g/mol. The Labute approximate surface area is 865 Å². The molecule has 0 spiro atoms. The number of para-hydroxylation sites is 1. The van der Waals surface area contributed by atoms with Gasteiger partial charge < -0.3 is 4.90 Å². The number of carbonyl (C=O) groups is 2. The standard InChI is InChI=1S/C144H104N2O2/c1-143(2,3)126-69-42-70-127(144(4,5)6)140(126)146-141(147)118-87-85-116-114-68-41-67-113-112(83-84-115(137(113)114)117-86-88-119(142(146)148)139(118)138(116)117)107-65-40-66-108(89-107)133-122(95-47-22-9-23-48-95)92-125(132(103-57-32-14-33-58-103)136(133)106-63-38-17-39-64-106)98-75-81-111(82-76-98)145(109-77-71-96(72-78-109)123-90-120(93-43-18-7-19-44-93)128(99-49-24-10-25-50-99)134(104-59-34-15-35-60-104)130(123)101-53-28-12-29-54-101)110-79-73-97(74-80-110)124-91-121(94-45-20-8-21-46-94)129(100-51-26-11-27-52-100)135(105-61-36-16-37-62-105)131(124)102-55-30-13-31-56-102/h7-92H,1-6H3. The molecule has 4 heteroatoms. The zero-order chi connectivity index (χ0) is 99.8. The summed E-state index contributed by atoms with van der Waals surface area (Å²) >= 11 is 0. The molecule has 0 saturated carbocycles. The van der Waals surface area contributed by atoms with Crippen LogP contribution in [0.15, 0.2) is 522 Å². The van der Waals surface area contributed by atoms with Gasteiger partial charge in [-0.2, -0.15) is 0 Å². The summed E-state index contributed by atoms with van der Waals surface area (Å²) in [6.45, 7) is 12.9. The van der Waals surface area contributed by atoms with E-state index in [0.717, 1.165) is 222 Å². The fourth-order valence-electron chi connectivity index (χ4n) is 23.4. The topological polar surface area (TPSA) is 40.6 Å². The van der Waals surface area contributed by atoms with Crippen molar-refractivity contribution >= 4 is 77.7 Å². The molecule has 0 aliphatic carbocycles. The summed E-state index contributed by atoms with van der Waals surface area (Å²) in [7, 11) is 0. The lowest BCUT2D eigenvalue weighted by Crippen LogP contribution is -2.43. The van der Waals surface area contributed by atoms with Crippen LogP contribution in [0.25, 0.3) is 221 Å². The van der Waals surface area contributed by atoms with E-state index in [1.807, 2.05) is 12.1 Å². The second kappa shape index (κ2) is 37.7. The van der Waals surface area contributed by atoms with Gasteiger partial charge in [0.2, 0.25) is 0 Å². The molecule has 24 aromatic rings. The van der Waals surface area contributed by atoms with Crippen LogP contribution in [0, 0.1) is 0 Å². The molecule has 0 bridgehead atoms. The normalized spacial score (nSPS) is 12.1. The molecule has 0 radical (unpaired) electrons. The molecule has 24 aromatic carbocycles. The number of hydrogen-bond donors (Lipinski definition) is 0. The van der Waals surface area contributed by atoms with Gasteiger partial charge in [-0.25, -0.2) is 4.90 Å². The molecule has 0 N–H and O–H groups in total. The van der Waals surface area contributed by atoms with Gasteiger partial charge in [0.05, 0.1) is 5.69 Å². The summed E-state index contributed by atoms with van der Waals surface area (Å²) in [5.74, 6) is -0.606. The van der Waals surface area contributed by atoms with Gasteiger partial charge in [-0.15, -0.1) is 0 Å². The van der Waals surface area contributed by atoms with Gasteiger partial charge in [0.15, 0.2) is 0 Å². The number of nitrogens with zero attached hydrogens (tertiary/aromatic N) is 2. The minimum atomic E-state index is -0.364. The van der Waals surface area contributed by atoms with E-state index in [4.69, 9.17) is 0 Å². The number of imide groups is 1. The average molecular weight is 1890 g/mol. The van der Waals surface area contributed by atoms with Gasteiger partial charge in [-0.1, -0.05) is 490 Å². The lowest BCUT2D eigenvalue weighted by molar-refractivity contribution is 0.0892. The van der Waals surface area contributed by atoms with Crippen LogP contribution in [0.4, 0.5) is 22.7 Å². The Kier molecular flexibility index (Phi) is 23.1. The zero-order valence-electron chi connectivity index (χ0n) is 83.4. The molecular formula is C144H104N2O2. The van der Waals surface area contributed by atoms with Gasteiger partial charge in [-0.05, 0) is 310 Å². The highest BCUT2D eigenvalue weighted by Crippen LogP contribution is 2.58. The van der Waals surface area contributed by atoms with E-state index in [0.29, 0.717) is 22.2 Å². The van der Waals surface area contributed by atoms with Crippen molar-refractivity contribution in [1.82, 2.24) is 0 Å². The fraction of sp³-hybridized carbons (Fsp3) is 0.0556. The predicted octanol–water partition coefficient (Wildman–Crippen LogP) is 39.3. The fourth-order valence-corrected chi connectivity index (χ4v) is 23.4. The Morgan fingerprint density at radius 1 is 0.162 bits per heavy atom. The smallest absolute Gasteiger partial charge is 0.266 e.